The van der Waals surface area contributed by atoms with Gasteiger partial charge >= 0.3 is 0 Å². The highest BCUT2D eigenvalue weighted by molar-refractivity contribution is 5.80. The second kappa shape index (κ2) is 10.2. The molecule has 0 aromatic heterocycles. The van der Waals surface area contributed by atoms with Crippen molar-refractivity contribution in [3.05, 3.63) is 0 Å². The molecule has 0 saturated carbocycles. The number of carbonyl (C=O) groups excluding carboxylic acids is 1. The SMILES string of the molecule is CCCCCCCCC(OCC)C(C)=O. The van der Waals surface area contributed by atoms with Gasteiger partial charge in [-0.25, -0.2) is 0 Å². The van der Waals surface area contributed by atoms with E-state index >= 15 is 0 Å². The summed E-state index contributed by atoms with van der Waals surface area (Å²) in [6.07, 6.45) is 8.35. The minimum absolute atomic E-state index is 0.152. The zero-order chi connectivity index (χ0) is 11.5. The quantitative estimate of drug-likeness (QED) is 0.518. The van der Waals surface area contributed by atoms with Crippen LogP contribution in [0.25, 0.3) is 0 Å². The summed E-state index contributed by atoms with van der Waals surface area (Å²) in [7, 11) is 0. The second-order valence-electron chi connectivity index (χ2n) is 4.11. The van der Waals surface area contributed by atoms with Crippen LogP contribution in [0, 0.1) is 0 Å². The van der Waals surface area contributed by atoms with Crippen LogP contribution in [0.1, 0.15) is 65.7 Å². The largest absolute Gasteiger partial charge is 0.371 e. The molecule has 0 aromatic carbocycles. The maximum atomic E-state index is 11.2. The van der Waals surface area contributed by atoms with E-state index < -0.39 is 0 Å². The molecule has 1 unspecified atom stereocenters. The molecule has 0 amide bonds. The van der Waals surface area contributed by atoms with E-state index in [4.69, 9.17) is 4.74 Å². The zero-order valence-electron chi connectivity index (χ0n) is 10.6. The Morgan fingerprint density at radius 2 is 1.67 bits per heavy atom. The van der Waals surface area contributed by atoms with Gasteiger partial charge in [-0.15, -0.1) is 0 Å². The third-order valence-corrected chi connectivity index (χ3v) is 2.64. The Labute approximate surface area is 94.4 Å². The summed E-state index contributed by atoms with van der Waals surface area (Å²) in [5, 5.41) is 0. The topological polar surface area (TPSA) is 26.3 Å². The average molecular weight is 214 g/mol. The van der Waals surface area contributed by atoms with Crippen molar-refractivity contribution in [3.63, 3.8) is 0 Å². The molecule has 2 heteroatoms. The zero-order valence-corrected chi connectivity index (χ0v) is 10.6. The van der Waals surface area contributed by atoms with Crippen molar-refractivity contribution in [2.24, 2.45) is 0 Å². The summed E-state index contributed by atoms with van der Waals surface area (Å²) in [4.78, 5) is 11.2. The van der Waals surface area contributed by atoms with Crippen molar-refractivity contribution in [2.45, 2.75) is 71.8 Å². The van der Waals surface area contributed by atoms with Crippen LogP contribution in [-0.2, 0) is 9.53 Å². The van der Waals surface area contributed by atoms with Gasteiger partial charge in [0.25, 0.3) is 0 Å². The first kappa shape index (κ1) is 14.6. The lowest BCUT2D eigenvalue weighted by molar-refractivity contribution is -0.128. The Kier molecular flexibility index (Phi) is 9.91. The van der Waals surface area contributed by atoms with E-state index in [0.29, 0.717) is 6.61 Å². The molecule has 0 heterocycles. The van der Waals surface area contributed by atoms with Crippen LogP contribution in [0.4, 0.5) is 0 Å². The predicted molar refractivity (Wildman–Crippen MR) is 64.1 cm³/mol. The van der Waals surface area contributed by atoms with Gasteiger partial charge in [-0.05, 0) is 20.3 Å². The average Bonchev–Trinajstić information content (AvgIpc) is 2.21. The summed E-state index contributed by atoms with van der Waals surface area (Å²) >= 11 is 0. The first-order chi connectivity index (χ1) is 7.22. The molecular formula is C13H26O2. The molecule has 0 radical (unpaired) electrons. The van der Waals surface area contributed by atoms with Crippen molar-refractivity contribution >= 4 is 5.78 Å². The third-order valence-electron chi connectivity index (χ3n) is 2.64. The van der Waals surface area contributed by atoms with Crippen molar-refractivity contribution in [1.82, 2.24) is 0 Å². The number of Topliss-reactive ketones (excluding diaryl/α,β-unsaturated/α-hetero) is 1. The van der Waals surface area contributed by atoms with Gasteiger partial charge in [0.05, 0.1) is 0 Å². The Morgan fingerprint density at radius 1 is 1.07 bits per heavy atom. The molecule has 0 spiro atoms. The van der Waals surface area contributed by atoms with Crippen LogP contribution in [0.15, 0.2) is 0 Å². The van der Waals surface area contributed by atoms with Crippen molar-refractivity contribution in [3.8, 4) is 0 Å². The van der Waals surface area contributed by atoms with E-state index in [2.05, 4.69) is 6.92 Å². The fourth-order valence-electron chi connectivity index (χ4n) is 1.72. The lowest BCUT2D eigenvalue weighted by Gasteiger charge is -2.13. The highest BCUT2D eigenvalue weighted by Gasteiger charge is 2.12. The second-order valence-corrected chi connectivity index (χ2v) is 4.11. The van der Waals surface area contributed by atoms with E-state index in [9.17, 15) is 4.79 Å². The van der Waals surface area contributed by atoms with Gasteiger partial charge in [-0.3, -0.25) is 4.79 Å². The van der Waals surface area contributed by atoms with Gasteiger partial charge in [-0.2, -0.15) is 0 Å². The fraction of sp³-hybridized carbons (Fsp3) is 0.923. The first-order valence-corrected chi connectivity index (χ1v) is 6.34. The number of hydrogen-bond acceptors (Lipinski definition) is 2. The number of hydrogen-bond donors (Lipinski definition) is 0. The number of carbonyl (C=O) groups is 1. The smallest absolute Gasteiger partial charge is 0.158 e. The van der Waals surface area contributed by atoms with Gasteiger partial charge in [-0.1, -0.05) is 45.4 Å². The number of unbranched alkanes of at least 4 members (excludes halogenated alkanes) is 5. The van der Waals surface area contributed by atoms with Gasteiger partial charge in [0.1, 0.15) is 6.10 Å². The molecule has 0 aliphatic heterocycles. The van der Waals surface area contributed by atoms with Crippen LogP contribution in [0.3, 0.4) is 0 Å². The van der Waals surface area contributed by atoms with Gasteiger partial charge in [0.15, 0.2) is 5.78 Å². The first-order valence-electron chi connectivity index (χ1n) is 6.34. The molecule has 2 nitrogen and oxygen atoms in total. The standard InChI is InChI=1S/C13H26O2/c1-4-6-7-8-9-10-11-13(12(3)14)15-5-2/h13H,4-11H2,1-3H3. The lowest BCUT2D eigenvalue weighted by atomic mass is 10.1. The maximum absolute atomic E-state index is 11.2. The van der Waals surface area contributed by atoms with Crippen LogP contribution < -0.4 is 0 Å². The number of rotatable bonds is 10. The Hall–Kier alpha value is -0.370. The normalized spacial score (nSPS) is 12.7. The van der Waals surface area contributed by atoms with Crippen LogP contribution >= 0.6 is 0 Å². The van der Waals surface area contributed by atoms with E-state index in [-0.39, 0.29) is 11.9 Å². The van der Waals surface area contributed by atoms with Crippen molar-refractivity contribution < 1.29 is 9.53 Å². The van der Waals surface area contributed by atoms with Crippen molar-refractivity contribution in [2.75, 3.05) is 6.61 Å². The molecule has 15 heavy (non-hydrogen) atoms. The molecule has 0 rings (SSSR count). The maximum Gasteiger partial charge on any atom is 0.158 e. The molecule has 0 bridgehead atoms. The minimum atomic E-state index is -0.152. The molecule has 0 aliphatic rings. The molecule has 90 valence electrons. The molecule has 0 N–H and O–H groups in total. The molecule has 1 atom stereocenters. The molecule has 0 aliphatic carbocycles. The van der Waals surface area contributed by atoms with E-state index in [1.54, 1.807) is 6.92 Å². The third kappa shape index (κ3) is 8.61. The molecular weight excluding hydrogens is 188 g/mol. The van der Waals surface area contributed by atoms with E-state index in [0.717, 1.165) is 12.8 Å². The van der Waals surface area contributed by atoms with Gasteiger partial charge < -0.3 is 4.74 Å². The Bertz CT molecular complexity index is 155. The Morgan fingerprint density at radius 3 is 2.20 bits per heavy atom. The highest BCUT2D eigenvalue weighted by atomic mass is 16.5. The predicted octanol–water partition coefficient (Wildman–Crippen LogP) is 3.73. The summed E-state index contributed by atoms with van der Waals surface area (Å²) in [5.74, 6) is 0.172. The van der Waals surface area contributed by atoms with Gasteiger partial charge in [0.2, 0.25) is 0 Å². The van der Waals surface area contributed by atoms with Gasteiger partial charge in [0, 0.05) is 6.61 Å². The molecule has 0 aromatic rings. The monoisotopic (exact) mass is 214 g/mol. The summed E-state index contributed by atoms with van der Waals surface area (Å²) in [6.45, 7) is 6.43. The van der Waals surface area contributed by atoms with E-state index in [1.807, 2.05) is 6.92 Å². The Balaban J connectivity index is 3.41. The highest BCUT2D eigenvalue weighted by Crippen LogP contribution is 2.11. The number of ketones is 1. The minimum Gasteiger partial charge on any atom is -0.371 e. The lowest BCUT2D eigenvalue weighted by Crippen LogP contribution is -2.21. The summed E-state index contributed by atoms with van der Waals surface area (Å²) in [5.41, 5.74) is 0. The molecule has 0 fully saturated rings. The summed E-state index contributed by atoms with van der Waals surface area (Å²) < 4.78 is 5.38. The fourth-order valence-corrected chi connectivity index (χ4v) is 1.72. The van der Waals surface area contributed by atoms with Crippen LogP contribution in [-0.4, -0.2) is 18.5 Å². The summed E-state index contributed by atoms with van der Waals surface area (Å²) in [6, 6.07) is 0. The van der Waals surface area contributed by atoms with E-state index in [1.165, 1.54) is 32.1 Å². The van der Waals surface area contributed by atoms with Crippen LogP contribution in [0.2, 0.25) is 0 Å². The van der Waals surface area contributed by atoms with Crippen molar-refractivity contribution in [1.29, 1.82) is 0 Å². The molecule has 0 saturated heterocycles. The van der Waals surface area contributed by atoms with Crippen LogP contribution in [0.5, 0.6) is 0 Å². The number of ether oxygens (including phenoxy) is 1.